The third kappa shape index (κ3) is 7.64. The topological polar surface area (TPSA) is 103 Å². The van der Waals surface area contributed by atoms with E-state index in [0.717, 1.165) is 56.8 Å². The van der Waals surface area contributed by atoms with Crippen molar-refractivity contribution in [2.75, 3.05) is 43.4 Å². The predicted molar refractivity (Wildman–Crippen MR) is 176 cm³/mol. The van der Waals surface area contributed by atoms with E-state index >= 15 is 0 Å². The van der Waals surface area contributed by atoms with Gasteiger partial charge in [-0.25, -0.2) is 4.68 Å². The van der Waals surface area contributed by atoms with Gasteiger partial charge in [-0.3, -0.25) is 0 Å². The van der Waals surface area contributed by atoms with Crippen LogP contribution in [0, 0.1) is 17.8 Å². The van der Waals surface area contributed by atoms with E-state index in [4.69, 9.17) is 15.2 Å². The summed E-state index contributed by atoms with van der Waals surface area (Å²) in [4.78, 5) is 10.5. The van der Waals surface area contributed by atoms with Crippen molar-refractivity contribution in [1.29, 1.82) is 0 Å². The summed E-state index contributed by atoms with van der Waals surface area (Å²) < 4.78 is 57.7. The van der Waals surface area contributed by atoms with Crippen molar-refractivity contribution < 1.29 is 22.6 Å². The minimum atomic E-state index is -4.78. The smallest absolute Gasteiger partial charge is 0.429 e. The number of nitrogens with zero attached hydrogens (tertiary/aromatic N) is 5. The molecule has 3 N–H and O–H groups in total. The van der Waals surface area contributed by atoms with Gasteiger partial charge in [0, 0.05) is 37.5 Å². The van der Waals surface area contributed by atoms with Gasteiger partial charge in [0.2, 0.25) is 17.9 Å². The van der Waals surface area contributed by atoms with Crippen LogP contribution >= 0.6 is 0 Å². The fourth-order valence-electron chi connectivity index (χ4n) is 6.25. The first-order chi connectivity index (χ1) is 22.3. The largest absolute Gasteiger partial charge is 0.493 e. The number of rotatable bonds is 8. The highest BCUT2D eigenvalue weighted by Gasteiger charge is 2.45. The summed E-state index contributed by atoms with van der Waals surface area (Å²) >= 11 is 0. The Morgan fingerprint density at radius 2 is 1.68 bits per heavy atom. The zero-order chi connectivity index (χ0) is 33.4. The standard InChI is InChI=1S/C35H42F3N7O2/c1-23-11-16-45(43-23)28-19-25(24-5-8-26(9-6-24)46-22-33(2,3)4)7-10-27(28)31(35(36,37)38)47-30-20-29(41-32(39)42-30)44-17-13-34(14-18-44)12-15-40-21-34/h5-11,16,19-20,31,40H,12-15,17-18,21-22H2,1-4H3,(H2,39,41,42)/t31-/m1/s1. The van der Waals surface area contributed by atoms with Crippen molar-refractivity contribution in [3.8, 4) is 28.4 Å². The molecule has 0 amide bonds. The SMILES string of the molecule is Cc1ccn(-c2cc(-c3ccc(OCC(C)(C)C)cc3)ccc2[C@@H](Oc2cc(N3CCC4(CCNC4)CC3)nc(N)n2)C(F)(F)F)n1. The maximum Gasteiger partial charge on any atom is 0.429 e. The molecule has 250 valence electrons. The predicted octanol–water partition coefficient (Wildman–Crippen LogP) is 6.91. The molecule has 2 aliphatic rings. The number of halogens is 3. The Morgan fingerprint density at radius 1 is 0.957 bits per heavy atom. The van der Waals surface area contributed by atoms with E-state index in [1.54, 1.807) is 31.3 Å². The van der Waals surface area contributed by atoms with Gasteiger partial charge in [-0.1, -0.05) is 45.0 Å². The number of ether oxygens (including phenoxy) is 2. The normalized spacial score (nSPS) is 17.2. The lowest BCUT2D eigenvalue weighted by Crippen LogP contribution is -2.41. The molecule has 0 radical (unpaired) electrons. The van der Waals surface area contributed by atoms with Crippen molar-refractivity contribution in [2.24, 2.45) is 10.8 Å². The van der Waals surface area contributed by atoms with Gasteiger partial charge in [0.15, 0.2) is 0 Å². The molecule has 2 saturated heterocycles. The molecule has 0 aliphatic carbocycles. The summed E-state index contributed by atoms with van der Waals surface area (Å²) in [6, 6.07) is 15.5. The van der Waals surface area contributed by atoms with Gasteiger partial charge >= 0.3 is 6.18 Å². The fourth-order valence-corrected chi connectivity index (χ4v) is 6.25. The van der Waals surface area contributed by atoms with E-state index in [2.05, 4.69) is 41.2 Å². The van der Waals surface area contributed by atoms with E-state index in [1.165, 1.54) is 16.8 Å². The lowest BCUT2D eigenvalue weighted by molar-refractivity contribution is -0.198. The average molecular weight is 650 g/mol. The molecule has 6 rings (SSSR count). The van der Waals surface area contributed by atoms with Crippen LogP contribution < -0.4 is 25.4 Å². The Labute approximate surface area is 273 Å². The van der Waals surface area contributed by atoms with Crippen LogP contribution in [0.1, 0.15) is 57.4 Å². The van der Waals surface area contributed by atoms with E-state index in [0.29, 0.717) is 23.7 Å². The van der Waals surface area contributed by atoms with Gasteiger partial charge in [0.05, 0.1) is 18.0 Å². The number of nitrogen functional groups attached to an aromatic ring is 1. The number of aryl methyl sites for hydroxylation is 1. The lowest BCUT2D eigenvalue weighted by Gasteiger charge is -2.39. The number of piperidine rings is 1. The molecule has 2 aliphatic heterocycles. The number of anilines is 2. The Morgan fingerprint density at radius 3 is 2.30 bits per heavy atom. The van der Waals surface area contributed by atoms with Crippen LogP contribution in [0.15, 0.2) is 60.8 Å². The van der Waals surface area contributed by atoms with E-state index in [9.17, 15) is 13.2 Å². The minimum Gasteiger partial charge on any atom is -0.493 e. The fraction of sp³-hybridized carbons (Fsp3) is 0.457. The number of hydrogen-bond acceptors (Lipinski definition) is 8. The monoisotopic (exact) mass is 649 g/mol. The first-order valence-electron chi connectivity index (χ1n) is 16.0. The Hall–Kier alpha value is -4.32. The second kappa shape index (κ2) is 12.7. The molecule has 12 heteroatoms. The summed E-state index contributed by atoms with van der Waals surface area (Å²) in [7, 11) is 0. The van der Waals surface area contributed by atoms with Crippen LogP contribution in [-0.4, -0.2) is 58.7 Å². The molecular weight excluding hydrogens is 607 g/mol. The van der Waals surface area contributed by atoms with Crippen LogP contribution in [0.2, 0.25) is 0 Å². The second-order valence-corrected chi connectivity index (χ2v) is 13.9. The Balaban J connectivity index is 1.30. The van der Waals surface area contributed by atoms with E-state index in [-0.39, 0.29) is 33.9 Å². The number of benzene rings is 2. The van der Waals surface area contributed by atoms with Crippen molar-refractivity contribution in [3.63, 3.8) is 0 Å². The van der Waals surface area contributed by atoms with Gasteiger partial charge in [0.25, 0.3) is 0 Å². The summed E-state index contributed by atoms with van der Waals surface area (Å²) in [5, 5.41) is 7.89. The third-order valence-electron chi connectivity index (χ3n) is 8.86. The highest BCUT2D eigenvalue weighted by Crippen LogP contribution is 2.42. The van der Waals surface area contributed by atoms with Crippen molar-refractivity contribution in [2.45, 2.75) is 59.2 Å². The van der Waals surface area contributed by atoms with Crippen LogP contribution in [0.4, 0.5) is 24.9 Å². The zero-order valence-electron chi connectivity index (χ0n) is 27.3. The first-order valence-corrected chi connectivity index (χ1v) is 16.0. The first kappa shape index (κ1) is 32.6. The number of nitrogens with two attached hydrogens (primary N) is 1. The highest BCUT2D eigenvalue weighted by molar-refractivity contribution is 5.68. The number of hydrogen-bond donors (Lipinski definition) is 2. The van der Waals surface area contributed by atoms with Gasteiger partial charge < -0.3 is 25.4 Å². The second-order valence-electron chi connectivity index (χ2n) is 13.9. The molecule has 2 fully saturated rings. The molecular formula is C35H42F3N7O2. The molecule has 1 atom stereocenters. The number of nitrogens with one attached hydrogen (secondary N) is 1. The van der Waals surface area contributed by atoms with Crippen LogP contribution in [0.3, 0.4) is 0 Å². The molecule has 4 heterocycles. The van der Waals surface area contributed by atoms with Gasteiger partial charge in [0.1, 0.15) is 11.6 Å². The summed E-state index contributed by atoms with van der Waals surface area (Å²) in [6.07, 6.45) is -2.42. The summed E-state index contributed by atoms with van der Waals surface area (Å²) in [5.74, 6) is 0.795. The Bertz CT molecular complexity index is 1680. The maximum atomic E-state index is 14.9. The summed E-state index contributed by atoms with van der Waals surface area (Å²) in [6.45, 7) is 12.1. The molecule has 1 spiro atoms. The van der Waals surface area contributed by atoms with E-state index in [1.807, 2.05) is 29.2 Å². The molecule has 0 bridgehead atoms. The van der Waals surface area contributed by atoms with Gasteiger partial charge in [-0.05, 0) is 79.0 Å². The zero-order valence-corrected chi connectivity index (χ0v) is 27.3. The number of alkyl halides is 3. The average Bonchev–Trinajstić information content (AvgIpc) is 3.67. The quantitative estimate of drug-likeness (QED) is 0.212. The van der Waals surface area contributed by atoms with Crippen LogP contribution in [0.5, 0.6) is 11.6 Å². The minimum absolute atomic E-state index is 0.00533. The maximum absolute atomic E-state index is 14.9. The molecule has 2 aromatic carbocycles. The van der Waals surface area contributed by atoms with Crippen molar-refractivity contribution in [1.82, 2.24) is 25.1 Å². The van der Waals surface area contributed by atoms with Gasteiger partial charge in [-0.2, -0.15) is 28.2 Å². The van der Waals surface area contributed by atoms with Crippen molar-refractivity contribution in [3.05, 3.63) is 72.1 Å². The van der Waals surface area contributed by atoms with Crippen LogP contribution in [-0.2, 0) is 0 Å². The molecule has 4 aromatic rings. The molecule has 9 nitrogen and oxygen atoms in total. The molecule has 2 aromatic heterocycles. The lowest BCUT2D eigenvalue weighted by atomic mass is 9.78. The van der Waals surface area contributed by atoms with Crippen LogP contribution in [0.25, 0.3) is 16.8 Å². The Kier molecular flexibility index (Phi) is 8.82. The number of aromatic nitrogens is 4. The molecule has 47 heavy (non-hydrogen) atoms. The van der Waals surface area contributed by atoms with Crippen molar-refractivity contribution >= 4 is 11.8 Å². The third-order valence-corrected chi connectivity index (χ3v) is 8.86. The molecule has 0 unspecified atom stereocenters. The van der Waals surface area contributed by atoms with Gasteiger partial charge in [-0.15, -0.1) is 0 Å². The van der Waals surface area contributed by atoms with E-state index < -0.39 is 12.3 Å². The summed E-state index contributed by atoms with van der Waals surface area (Å²) in [5.41, 5.74) is 8.62. The molecule has 0 saturated carbocycles. The highest BCUT2D eigenvalue weighted by atomic mass is 19.4.